The van der Waals surface area contributed by atoms with Crippen LogP contribution in [0.4, 0.5) is 13.2 Å². The maximum absolute atomic E-state index is 14.5. The van der Waals surface area contributed by atoms with Crippen molar-refractivity contribution in [1.29, 1.82) is 0 Å². The fourth-order valence-electron chi connectivity index (χ4n) is 3.25. The number of hydrogen-bond donors (Lipinski definition) is 1. The third-order valence-electron chi connectivity index (χ3n) is 4.68. The van der Waals surface area contributed by atoms with Crippen molar-refractivity contribution in [2.24, 2.45) is 0 Å². The molecule has 29 heavy (non-hydrogen) atoms. The summed E-state index contributed by atoms with van der Waals surface area (Å²) in [7, 11) is 1.46. The Morgan fingerprint density at radius 2 is 1.72 bits per heavy atom. The van der Waals surface area contributed by atoms with Crippen molar-refractivity contribution >= 4 is 11.0 Å². The second-order valence-electron chi connectivity index (χ2n) is 6.61. The minimum absolute atomic E-state index is 0.256. The van der Waals surface area contributed by atoms with Crippen LogP contribution in [0, 0.1) is 17.6 Å². The smallest absolute Gasteiger partial charge is 0.216 e. The lowest BCUT2D eigenvalue weighted by atomic mass is 10.0. The monoisotopic (exact) mass is 398 g/mol. The van der Waals surface area contributed by atoms with Crippen LogP contribution in [0.15, 0.2) is 42.9 Å². The Hall–Kier alpha value is -3.42. The molecule has 0 aliphatic carbocycles. The van der Waals surface area contributed by atoms with Gasteiger partial charge < -0.3 is 9.72 Å². The van der Waals surface area contributed by atoms with Crippen LogP contribution in [0.5, 0.6) is 5.88 Å². The molecule has 148 valence electrons. The summed E-state index contributed by atoms with van der Waals surface area (Å²) >= 11 is 0. The number of methoxy groups -OCH3 is 1. The number of nitrogens with one attached hydrogen (secondary N) is 1. The van der Waals surface area contributed by atoms with Gasteiger partial charge in [-0.2, -0.15) is 4.39 Å². The standard InChI is InChI=1S/C21H17F3N4O/c1-29-21-13(7-15(22)11-27-21)3-5-17-4-2-12(19(24)28-17)6-14-9-25-20-18(14)8-16(23)10-26-20/h2,4,7-11H,3,5-6H2,1H3,(H,25,26). The van der Waals surface area contributed by atoms with Crippen molar-refractivity contribution in [2.45, 2.75) is 19.3 Å². The number of aromatic amines is 1. The number of H-pyrrole nitrogens is 1. The van der Waals surface area contributed by atoms with Crippen molar-refractivity contribution in [2.75, 3.05) is 7.11 Å². The van der Waals surface area contributed by atoms with Gasteiger partial charge in [0.15, 0.2) is 0 Å². The molecule has 0 aliphatic heterocycles. The second-order valence-corrected chi connectivity index (χ2v) is 6.61. The summed E-state index contributed by atoms with van der Waals surface area (Å²) in [6, 6.07) is 6.10. The molecular formula is C21H17F3N4O. The fourth-order valence-corrected chi connectivity index (χ4v) is 3.25. The van der Waals surface area contributed by atoms with Crippen molar-refractivity contribution in [1.82, 2.24) is 19.9 Å². The molecule has 0 saturated carbocycles. The Morgan fingerprint density at radius 1 is 0.931 bits per heavy atom. The van der Waals surface area contributed by atoms with Crippen LogP contribution < -0.4 is 4.74 Å². The van der Waals surface area contributed by atoms with Gasteiger partial charge in [0.05, 0.1) is 19.5 Å². The third kappa shape index (κ3) is 4.06. The highest BCUT2D eigenvalue weighted by Crippen LogP contribution is 2.22. The fraction of sp³-hybridized carbons (Fsp3) is 0.190. The number of nitrogens with zero attached hydrogens (tertiary/aromatic N) is 3. The van der Waals surface area contributed by atoms with E-state index in [0.717, 1.165) is 18.0 Å². The molecule has 4 rings (SSSR count). The molecule has 0 fully saturated rings. The average Bonchev–Trinajstić information content (AvgIpc) is 3.10. The minimum Gasteiger partial charge on any atom is -0.481 e. The van der Waals surface area contributed by atoms with Gasteiger partial charge >= 0.3 is 0 Å². The van der Waals surface area contributed by atoms with Crippen LogP contribution >= 0.6 is 0 Å². The summed E-state index contributed by atoms with van der Waals surface area (Å²) in [6.45, 7) is 0. The largest absolute Gasteiger partial charge is 0.481 e. The predicted octanol–water partition coefficient (Wildman–Crippen LogP) is 4.15. The molecule has 0 unspecified atom stereocenters. The Kier molecular flexibility index (Phi) is 5.16. The van der Waals surface area contributed by atoms with Gasteiger partial charge in [-0.1, -0.05) is 6.07 Å². The molecule has 0 aromatic carbocycles. The van der Waals surface area contributed by atoms with Gasteiger partial charge in [0.25, 0.3) is 0 Å². The van der Waals surface area contributed by atoms with Gasteiger partial charge in [0.1, 0.15) is 17.3 Å². The first kappa shape index (κ1) is 18.9. The predicted molar refractivity (Wildman–Crippen MR) is 101 cm³/mol. The Labute approximate surface area is 164 Å². The molecule has 0 spiro atoms. The SMILES string of the molecule is COc1ncc(F)cc1CCc1ccc(Cc2c[nH]c3ncc(F)cc23)c(F)n1. The molecule has 5 nitrogen and oxygen atoms in total. The first-order valence-electron chi connectivity index (χ1n) is 8.97. The molecule has 0 saturated heterocycles. The van der Waals surface area contributed by atoms with Crippen molar-refractivity contribution in [3.63, 3.8) is 0 Å². The van der Waals surface area contributed by atoms with Crippen molar-refractivity contribution in [3.8, 4) is 5.88 Å². The summed E-state index contributed by atoms with van der Waals surface area (Å²) in [5.41, 5.74) is 2.79. The number of aryl methyl sites for hydroxylation is 2. The average molecular weight is 398 g/mol. The summed E-state index contributed by atoms with van der Waals surface area (Å²) in [5, 5.41) is 0.610. The maximum atomic E-state index is 14.5. The minimum atomic E-state index is -0.592. The number of rotatable bonds is 6. The normalized spacial score (nSPS) is 11.2. The molecule has 1 N–H and O–H groups in total. The summed E-state index contributed by atoms with van der Waals surface area (Å²) < 4.78 is 46.6. The first-order chi connectivity index (χ1) is 14.0. The van der Waals surface area contributed by atoms with Gasteiger partial charge in [0, 0.05) is 34.8 Å². The van der Waals surface area contributed by atoms with E-state index in [1.165, 1.54) is 19.2 Å². The summed E-state index contributed by atoms with van der Waals surface area (Å²) in [6.07, 6.45) is 4.97. The van der Waals surface area contributed by atoms with E-state index in [2.05, 4.69) is 19.9 Å². The highest BCUT2D eigenvalue weighted by atomic mass is 19.1. The summed E-state index contributed by atoms with van der Waals surface area (Å²) in [5.74, 6) is -1.16. The molecule has 0 aliphatic rings. The van der Waals surface area contributed by atoms with E-state index in [4.69, 9.17) is 4.74 Å². The van der Waals surface area contributed by atoms with Crippen LogP contribution in [0.3, 0.4) is 0 Å². The zero-order valence-electron chi connectivity index (χ0n) is 15.5. The van der Waals surface area contributed by atoms with E-state index in [1.807, 2.05) is 0 Å². The lowest BCUT2D eigenvalue weighted by Gasteiger charge is -2.08. The first-order valence-corrected chi connectivity index (χ1v) is 8.97. The van der Waals surface area contributed by atoms with E-state index >= 15 is 0 Å². The molecular weight excluding hydrogens is 381 g/mol. The molecule has 0 bridgehead atoms. The van der Waals surface area contributed by atoms with Crippen LogP contribution in [-0.4, -0.2) is 27.0 Å². The molecule has 4 aromatic rings. The molecule has 0 atom stereocenters. The number of ether oxygens (including phenoxy) is 1. The lowest BCUT2D eigenvalue weighted by Crippen LogP contribution is -2.03. The van der Waals surface area contributed by atoms with Gasteiger partial charge in [-0.05, 0) is 36.6 Å². The number of hydrogen-bond acceptors (Lipinski definition) is 4. The number of pyridine rings is 3. The van der Waals surface area contributed by atoms with E-state index in [0.29, 0.717) is 46.6 Å². The van der Waals surface area contributed by atoms with Gasteiger partial charge in [-0.25, -0.2) is 23.7 Å². The zero-order valence-corrected chi connectivity index (χ0v) is 15.5. The molecule has 0 amide bonds. The van der Waals surface area contributed by atoms with E-state index < -0.39 is 17.6 Å². The molecule has 4 aromatic heterocycles. The van der Waals surface area contributed by atoms with Crippen molar-refractivity contribution < 1.29 is 17.9 Å². The van der Waals surface area contributed by atoms with Gasteiger partial charge in [-0.3, -0.25) is 0 Å². The second kappa shape index (κ2) is 7.90. The van der Waals surface area contributed by atoms with E-state index in [9.17, 15) is 13.2 Å². The van der Waals surface area contributed by atoms with Crippen LogP contribution in [0.1, 0.15) is 22.4 Å². The topological polar surface area (TPSA) is 63.7 Å². The Bertz CT molecular complexity index is 1180. The molecule has 8 heteroatoms. The Morgan fingerprint density at radius 3 is 2.52 bits per heavy atom. The maximum Gasteiger partial charge on any atom is 0.216 e. The summed E-state index contributed by atoms with van der Waals surface area (Å²) in [4.78, 5) is 14.8. The third-order valence-corrected chi connectivity index (χ3v) is 4.68. The Balaban J connectivity index is 1.51. The lowest BCUT2D eigenvalue weighted by molar-refractivity contribution is 0.390. The van der Waals surface area contributed by atoms with Crippen molar-refractivity contribution in [3.05, 3.63) is 82.8 Å². The van der Waals surface area contributed by atoms with E-state index in [-0.39, 0.29) is 6.42 Å². The van der Waals surface area contributed by atoms with Gasteiger partial charge in [0.2, 0.25) is 11.8 Å². The van der Waals surface area contributed by atoms with Crippen LogP contribution in [0.2, 0.25) is 0 Å². The number of aromatic nitrogens is 4. The highest BCUT2D eigenvalue weighted by Gasteiger charge is 2.12. The quantitative estimate of drug-likeness (QED) is 0.496. The highest BCUT2D eigenvalue weighted by molar-refractivity contribution is 5.79. The zero-order chi connectivity index (χ0) is 20.4. The number of fused-ring (bicyclic) bond motifs is 1. The van der Waals surface area contributed by atoms with E-state index in [1.54, 1.807) is 18.3 Å². The molecule has 0 radical (unpaired) electrons. The van der Waals surface area contributed by atoms with Gasteiger partial charge in [-0.15, -0.1) is 0 Å². The van der Waals surface area contributed by atoms with Crippen LogP contribution in [-0.2, 0) is 19.3 Å². The number of halogens is 3. The molecule has 4 heterocycles. The van der Waals surface area contributed by atoms with Crippen LogP contribution in [0.25, 0.3) is 11.0 Å².